The monoisotopic (exact) mass is 560 g/mol. The first kappa shape index (κ1) is 25.1. The van der Waals surface area contributed by atoms with Gasteiger partial charge in [-0.2, -0.15) is 13.2 Å². The van der Waals surface area contributed by atoms with Gasteiger partial charge in [0.15, 0.2) is 0 Å². The van der Waals surface area contributed by atoms with Crippen LogP contribution in [0.2, 0.25) is 0 Å². The molecular formula is C25H32F3IN2O. The van der Waals surface area contributed by atoms with E-state index >= 15 is 0 Å². The van der Waals surface area contributed by atoms with Crippen LogP contribution in [0.5, 0.6) is 0 Å². The van der Waals surface area contributed by atoms with Crippen LogP contribution in [0.25, 0.3) is 21.8 Å². The van der Waals surface area contributed by atoms with Crippen LogP contribution in [0.4, 0.5) is 13.2 Å². The van der Waals surface area contributed by atoms with Crippen LogP contribution in [-0.4, -0.2) is 14.0 Å². The number of hydrogen-bond donors (Lipinski definition) is 1. The first-order valence-electron chi connectivity index (χ1n) is 11.6. The summed E-state index contributed by atoms with van der Waals surface area (Å²) >= 11 is 2.42. The number of halogens is 4. The predicted molar refractivity (Wildman–Crippen MR) is 135 cm³/mol. The Labute approximate surface area is 200 Å². The summed E-state index contributed by atoms with van der Waals surface area (Å²) < 4.78 is 44.8. The van der Waals surface area contributed by atoms with Crippen LogP contribution in [-0.2, 0) is 19.1 Å². The summed E-state index contributed by atoms with van der Waals surface area (Å²) in [5.41, 5.74) is 1.43. The highest BCUT2D eigenvalue weighted by Crippen LogP contribution is 2.39. The molecule has 0 radical (unpaired) electrons. The minimum Gasteiger partial charge on any atom is -0.344 e. The molecule has 0 aliphatic carbocycles. The zero-order valence-electron chi connectivity index (χ0n) is 18.9. The molecule has 0 atom stereocenters. The highest BCUT2D eigenvalue weighted by molar-refractivity contribution is 14.1. The maximum atomic E-state index is 13.8. The maximum absolute atomic E-state index is 13.8. The number of fused-ring (bicyclic) bond motifs is 3. The lowest BCUT2D eigenvalue weighted by molar-refractivity contribution is -0.136. The third-order valence-corrected chi connectivity index (χ3v) is 7.08. The van der Waals surface area contributed by atoms with Gasteiger partial charge < -0.3 is 9.55 Å². The van der Waals surface area contributed by atoms with Crippen molar-refractivity contribution in [2.75, 3.05) is 4.43 Å². The molecule has 7 heteroatoms. The third-order valence-electron chi connectivity index (χ3n) is 6.32. The van der Waals surface area contributed by atoms with Crippen molar-refractivity contribution < 1.29 is 13.2 Å². The number of pyridine rings is 1. The van der Waals surface area contributed by atoms with Crippen molar-refractivity contribution in [3.05, 3.63) is 45.4 Å². The summed E-state index contributed by atoms with van der Waals surface area (Å²) in [5.74, 6) is 0. The van der Waals surface area contributed by atoms with Crippen LogP contribution < -0.4 is 5.56 Å². The van der Waals surface area contributed by atoms with Crippen LogP contribution in [0.1, 0.15) is 75.1 Å². The Balaban J connectivity index is 1.87. The van der Waals surface area contributed by atoms with Crippen molar-refractivity contribution in [3.63, 3.8) is 0 Å². The molecule has 1 N–H and O–H groups in total. The Morgan fingerprint density at radius 3 is 2.19 bits per heavy atom. The van der Waals surface area contributed by atoms with Crippen molar-refractivity contribution >= 4 is 44.4 Å². The molecule has 2 aromatic heterocycles. The summed E-state index contributed by atoms with van der Waals surface area (Å²) in [7, 11) is 0. The van der Waals surface area contributed by atoms with Crippen LogP contribution >= 0.6 is 22.6 Å². The molecular weight excluding hydrogens is 528 g/mol. The molecule has 0 saturated carbocycles. The molecule has 0 aliphatic heterocycles. The zero-order valence-corrected chi connectivity index (χ0v) is 21.0. The number of hydrogen-bond acceptors (Lipinski definition) is 1. The Hall–Kier alpha value is -1.51. The second kappa shape index (κ2) is 11.1. The van der Waals surface area contributed by atoms with E-state index in [0.29, 0.717) is 11.5 Å². The van der Waals surface area contributed by atoms with E-state index in [4.69, 9.17) is 0 Å². The Morgan fingerprint density at radius 2 is 1.59 bits per heavy atom. The number of alkyl halides is 4. The summed E-state index contributed by atoms with van der Waals surface area (Å²) in [6.07, 6.45) is 5.97. The number of benzene rings is 1. The quantitative estimate of drug-likeness (QED) is 0.144. The van der Waals surface area contributed by atoms with E-state index in [0.717, 1.165) is 42.6 Å². The Morgan fingerprint density at radius 1 is 0.969 bits per heavy atom. The maximum Gasteiger partial charge on any atom is 0.417 e. The van der Waals surface area contributed by atoms with Gasteiger partial charge in [0.1, 0.15) is 0 Å². The smallest absolute Gasteiger partial charge is 0.344 e. The van der Waals surface area contributed by atoms with E-state index in [1.807, 2.05) is 19.9 Å². The van der Waals surface area contributed by atoms with Crippen molar-refractivity contribution in [1.29, 1.82) is 0 Å². The minimum atomic E-state index is -4.58. The number of nitrogens with zero attached hydrogens (tertiary/aromatic N) is 1. The highest BCUT2D eigenvalue weighted by Gasteiger charge is 2.34. The SMILES string of the molecule is CCc1c(C)c2c3c(C(F)(F)F)cc(=O)[nH]c3ccc2n1CCCCCCCCCCI. The van der Waals surface area contributed by atoms with E-state index in [1.54, 1.807) is 6.07 Å². The molecule has 3 rings (SSSR count). The summed E-state index contributed by atoms with van der Waals surface area (Å²) in [5, 5.41) is 0.713. The lowest BCUT2D eigenvalue weighted by atomic mass is 10.0. The second-order valence-corrected chi connectivity index (χ2v) is 9.60. The average Bonchev–Trinajstić information content (AvgIpc) is 3.02. The number of aromatic amines is 1. The topological polar surface area (TPSA) is 37.8 Å². The third kappa shape index (κ3) is 5.51. The molecule has 0 bridgehead atoms. The van der Waals surface area contributed by atoms with Crippen LogP contribution in [0.15, 0.2) is 23.0 Å². The fourth-order valence-electron chi connectivity index (χ4n) is 4.80. The van der Waals surface area contributed by atoms with Crippen molar-refractivity contribution in [2.45, 2.75) is 84.4 Å². The van der Waals surface area contributed by atoms with E-state index in [-0.39, 0.29) is 10.9 Å². The second-order valence-electron chi connectivity index (χ2n) is 8.52. The number of nitrogens with one attached hydrogen (secondary N) is 1. The zero-order chi connectivity index (χ0) is 23.3. The van der Waals surface area contributed by atoms with Gasteiger partial charge in [0.2, 0.25) is 5.56 Å². The van der Waals surface area contributed by atoms with E-state index in [1.165, 1.54) is 43.0 Å². The number of aromatic nitrogens is 2. The van der Waals surface area contributed by atoms with Crippen molar-refractivity contribution in [2.24, 2.45) is 0 Å². The molecule has 176 valence electrons. The molecule has 3 nitrogen and oxygen atoms in total. The van der Waals surface area contributed by atoms with Gasteiger partial charge in [0.05, 0.1) is 5.56 Å². The molecule has 2 heterocycles. The van der Waals surface area contributed by atoms with Crippen LogP contribution in [0.3, 0.4) is 0 Å². The molecule has 0 spiro atoms. The summed E-state index contributed by atoms with van der Waals surface area (Å²) in [4.78, 5) is 14.4. The lowest BCUT2D eigenvalue weighted by Crippen LogP contribution is -2.14. The van der Waals surface area contributed by atoms with Crippen molar-refractivity contribution in [3.8, 4) is 0 Å². The molecule has 3 aromatic rings. The molecule has 0 fully saturated rings. The molecule has 32 heavy (non-hydrogen) atoms. The van der Waals surface area contributed by atoms with Gasteiger partial charge in [-0.15, -0.1) is 0 Å². The molecule has 0 aliphatic rings. The normalized spacial score (nSPS) is 12.3. The summed E-state index contributed by atoms with van der Waals surface area (Å²) in [6.45, 7) is 4.75. The number of rotatable bonds is 11. The van der Waals surface area contributed by atoms with Gasteiger partial charge in [-0.25, -0.2) is 0 Å². The Kier molecular flexibility index (Phi) is 8.69. The lowest BCUT2D eigenvalue weighted by Gasteiger charge is -2.12. The molecule has 0 saturated heterocycles. The number of H-pyrrole nitrogens is 1. The summed E-state index contributed by atoms with van der Waals surface area (Å²) in [6, 6.07) is 4.15. The van der Waals surface area contributed by atoms with Gasteiger partial charge in [-0.3, -0.25) is 4.79 Å². The Bertz CT molecular complexity index is 1110. The minimum absolute atomic E-state index is 0.104. The fraction of sp³-hybridized carbons (Fsp3) is 0.560. The van der Waals surface area contributed by atoms with E-state index in [9.17, 15) is 18.0 Å². The molecule has 0 amide bonds. The van der Waals surface area contributed by atoms with Gasteiger partial charge in [0.25, 0.3) is 0 Å². The fourth-order valence-corrected chi connectivity index (χ4v) is 5.34. The number of unbranched alkanes of at least 4 members (excludes halogenated alkanes) is 7. The largest absolute Gasteiger partial charge is 0.417 e. The predicted octanol–water partition coefficient (Wildman–Crippen LogP) is 7.93. The molecule has 0 unspecified atom stereocenters. The van der Waals surface area contributed by atoms with Gasteiger partial charge in [-0.1, -0.05) is 68.0 Å². The van der Waals surface area contributed by atoms with E-state index < -0.39 is 17.3 Å². The van der Waals surface area contributed by atoms with Crippen molar-refractivity contribution in [1.82, 2.24) is 9.55 Å². The van der Waals surface area contributed by atoms with E-state index in [2.05, 4.69) is 32.1 Å². The van der Waals surface area contributed by atoms with Gasteiger partial charge >= 0.3 is 6.18 Å². The highest BCUT2D eigenvalue weighted by atomic mass is 127. The molecule has 1 aromatic carbocycles. The van der Waals surface area contributed by atoms with Gasteiger partial charge in [-0.05, 0) is 48.3 Å². The van der Waals surface area contributed by atoms with Gasteiger partial charge in [0, 0.05) is 40.1 Å². The first-order chi connectivity index (χ1) is 15.3. The standard InChI is InChI=1S/C25H32F3IN2O/c1-3-20-17(2)23-21(31(20)15-11-9-7-5-4-6-8-10-14-29)13-12-19-24(23)18(25(26,27)28)16-22(32)30-19/h12-13,16H,3-11,14-15H2,1-2H3,(H,30,32). The first-order valence-corrected chi connectivity index (χ1v) is 13.1. The number of aryl methyl sites for hydroxylation is 2. The average molecular weight is 560 g/mol. The van der Waals surface area contributed by atoms with Crippen LogP contribution in [0, 0.1) is 6.92 Å².